The molecule has 0 unspecified atom stereocenters. The molecule has 3 saturated heterocycles. The first-order valence-corrected chi connectivity index (χ1v) is 37.1. The number of phenols is 1. The molecule has 9 aliphatic carbocycles. The number of aromatic hydroxyl groups is 1. The summed E-state index contributed by atoms with van der Waals surface area (Å²) in [5.74, 6) is -2.01. The molecular weight excluding hydrogens is 1150 g/mol. The molecule has 17 heteroatoms. The van der Waals surface area contributed by atoms with Gasteiger partial charge in [-0.3, -0.25) is 9.59 Å². The molecule has 0 aromatic heterocycles. The summed E-state index contributed by atoms with van der Waals surface area (Å²) < 4.78 is 12.3. The fourth-order valence-electron chi connectivity index (χ4n) is 25.1. The van der Waals surface area contributed by atoms with Gasteiger partial charge in [0.2, 0.25) is 5.91 Å². The second-order valence-corrected chi connectivity index (χ2v) is 34.5. The molecule has 6 heterocycles. The molecule has 10 N–H and O–H groups in total. The van der Waals surface area contributed by atoms with Gasteiger partial charge in [0.05, 0.1) is 41.3 Å². The number of phenolic OH excluding ortho intramolecular Hbond substituents is 1. The number of piperidine rings is 1. The first-order chi connectivity index (χ1) is 42.0. The number of carbonyl (C=O) groups excluding carboxylic acids is 2. The average molecular weight is 1260 g/mol. The van der Waals surface area contributed by atoms with Crippen LogP contribution in [0, 0.1) is 85.8 Å². The molecular formula is C71H104N2O13S2. The summed E-state index contributed by atoms with van der Waals surface area (Å²) in [7, 11) is 4.36. The van der Waals surface area contributed by atoms with E-state index in [1.807, 2.05) is 17.9 Å². The standard InChI is InChI=1S/C71H104N2O13S2/c1-41(2)42(3)57-59(86-57)68(82)26-12-15-45-33-51-52-35-55(77)67(36-56(78)70(84,40-75)65(62(51,67)4)24-9-10-25-65)61(81)88-87-38-47-14-11-13-46(37-74)71(47)60(80)73(48-31-43(32-49(76)34-48)18-28-66(45)54(68)20-29-69(52,66)83)39-63(71)27-19-50(58(63)79)53-17-16-44(21-30-85-5)64(72-53)22-7-6-8-23-64/h12,15,31-32,34-35,41-42,44-47,50-51,53-54,56-59,61,72,74-76,78-79,81-84H,6-11,13-14,16-30,33,36-40H2,1-5H3/t42-,44-,45+,46-,47+,50+,51+,53-,54+,56-,57+,58-,59-,61-,62+,63+,66-,67+,68-,69-,70-,71-/m1/s1. The van der Waals surface area contributed by atoms with E-state index in [0.29, 0.717) is 113 Å². The van der Waals surface area contributed by atoms with Gasteiger partial charge in [-0.15, -0.1) is 0 Å². The minimum absolute atomic E-state index is 0.0119. The Morgan fingerprint density at radius 2 is 1.62 bits per heavy atom. The Balaban J connectivity index is 0.937. The van der Waals surface area contributed by atoms with Crippen LogP contribution in [0.4, 0.5) is 5.69 Å². The quantitative estimate of drug-likeness (QED) is 0.0630. The number of methoxy groups -OCH3 is 1. The molecule has 22 atom stereocenters. The van der Waals surface area contributed by atoms with Crippen LogP contribution in [-0.4, -0.2) is 155 Å². The van der Waals surface area contributed by atoms with Gasteiger partial charge in [0.25, 0.3) is 0 Å². The Morgan fingerprint density at radius 3 is 2.35 bits per heavy atom. The Bertz CT molecular complexity index is 2930. The summed E-state index contributed by atoms with van der Waals surface area (Å²) in [6.07, 6.45) is 18.2. The molecule has 1 amide bonds. The van der Waals surface area contributed by atoms with Crippen LogP contribution in [0.5, 0.6) is 5.75 Å². The van der Waals surface area contributed by atoms with Crippen molar-refractivity contribution in [2.24, 2.45) is 85.8 Å². The second kappa shape index (κ2) is 22.2. The van der Waals surface area contributed by atoms with Crippen LogP contribution >= 0.6 is 21.6 Å². The van der Waals surface area contributed by atoms with Gasteiger partial charge >= 0.3 is 0 Å². The van der Waals surface area contributed by atoms with E-state index < -0.39 is 109 Å². The van der Waals surface area contributed by atoms with E-state index in [1.165, 1.54) is 28.0 Å². The maximum atomic E-state index is 16.8. The van der Waals surface area contributed by atoms with Crippen molar-refractivity contribution < 1.29 is 65.0 Å². The molecule has 6 aliphatic heterocycles. The van der Waals surface area contributed by atoms with Crippen molar-refractivity contribution in [1.29, 1.82) is 0 Å². The number of carbonyl (C=O) groups is 2. The predicted octanol–water partition coefficient (Wildman–Crippen LogP) is 8.71. The third-order valence-electron chi connectivity index (χ3n) is 29.5. The van der Waals surface area contributed by atoms with E-state index >= 15 is 9.59 Å². The lowest BCUT2D eigenvalue weighted by atomic mass is 9.31. The van der Waals surface area contributed by atoms with E-state index in [2.05, 4.69) is 38.2 Å². The van der Waals surface area contributed by atoms with Crippen molar-refractivity contribution in [3.05, 3.63) is 47.6 Å². The van der Waals surface area contributed by atoms with Crippen LogP contribution in [0.3, 0.4) is 0 Å². The highest BCUT2D eigenvalue weighted by molar-refractivity contribution is 8.76. The summed E-state index contributed by atoms with van der Waals surface area (Å²) in [4.78, 5) is 35.2. The first-order valence-electron chi connectivity index (χ1n) is 34.8. The minimum Gasteiger partial charge on any atom is -0.508 e. The lowest BCUT2D eigenvalue weighted by Gasteiger charge is -2.74. The van der Waals surface area contributed by atoms with E-state index in [4.69, 9.17) is 9.47 Å². The molecule has 15 nitrogen and oxygen atoms in total. The lowest BCUT2D eigenvalue weighted by molar-refractivity contribution is -0.309. The predicted molar refractivity (Wildman–Crippen MR) is 339 cm³/mol. The Hall–Kier alpha value is -2.10. The van der Waals surface area contributed by atoms with Gasteiger partial charge < -0.3 is 65.6 Å². The second-order valence-electron chi connectivity index (χ2n) is 32.0. The van der Waals surface area contributed by atoms with Crippen LogP contribution in [0.15, 0.2) is 42.0 Å². The van der Waals surface area contributed by atoms with E-state index in [0.717, 1.165) is 56.9 Å². The van der Waals surface area contributed by atoms with E-state index in [9.17, 15) is 46.0 Å². The van der Waals surface area contributed by atoms with E-state index in [-0.39, 0.29) is 79.0 Å². The number of nitrogens with one attached hydrogen (secondary N) is 1. The number of nitrogens with zero attached hydrogens (tertiary/aromatic N) is 1. The van der Waals surface area contributed by atoms with E-state index in [1.54, 1.807) is 25.3 Å². The number of hydrogen-bond donors (Lipinski definition) is 10. The fraction of sp³-hybridized carbons (Fsp3) is 0.831. The maximum Gasteiger partial charge on any atom is 0.234 e. The monoisotopic (exact) mass is 1260 g/mol. The summed E-state index contributed by atoms with van der Waals surface area (Å²) in [5.41, 5.74) is -12.7. The van der Waals surface area contributed by atoms with Crippen molar-refractivity contribution in [2.45, 2.75) is 240 Å². The average Bonchev–Trinajstić information content (AvgIpc) is 0.893. The van der Waals surface area contributed by atoms with Gasteiger partial charge in [0.15, 0.2) is 5.78 Å². The summed E-state index contributed by atoms with van der Waals surface area (Å²) in [6.45, 7) is 8.42. The van der Waals surface area contributed by atoms with Crippen molar-refractivity contribution >= 4 is 39.0 Å². The number of ketones is 1. The number of hydrogen-bond acceptors (Lipinski definition) is 16. The van der Waals surface area contributed by atoms with Crippen molar-refractivity contribution in [3.8, 4) is 5.75 Å². The first kappa shape index (κ1) is 63.3. The van der Waals surface area contributed by atoms with Crippen molar-refractivity contribution in [3.63, 3.8) is 0 Å². The zero-order valence-corrected chi connectivity index (χ0v) is 54.7. The van der Waals surface area contributed by atoms with Gasteiger partial charge in [0, 0.05) is 84.0 Å². The third-order valence-corrected chi connectivity index (χ3v) is 32.1. The van der Waals surface area contributed by atoms with Crippen LogP contribution in [0.25, 0.3) is 0 Å². The lowest BCUT2D eigenvalue weighted by Crippen LogP contribution is -2.79. The largest absolute Gasteiger partial charge is 0.508 e. The van der Waals surface area contributed by atoms with Crippen molar-refractivity contribution in [1.82, 2.24) is 5.32 Å². The summed E-state index contributed by atoms with van der Waals surface area (Å²) in [5, 5.41) is 122. The SMILES string of the molecule is COCC[C@H]1CC[C@H]([C@@H]2CC[C@]3(CN4C(=O)[C@]35[C@@H](CO)CCC[C@H]5CSS[C@@H](O)[C@@]35C[C@@H](O)[C@](O)(CO)C6(CCCC6)[C@]3(C)[C@H]3C[C@@H]6C=CC[C@](O)([C@@H]7O[C@H]7[C@H](C)C(C)C)[C@H]7CC[C@@](O)(C3=CC5=O)[C@@]76CCc3cc(O)cc4c3)[C@@H]2O)NC12CCCCC2. The number of rotatable bonds is 9. The zero-order chi connectivity index (χ0) is 62.0. The molecule has 16 rings (SSSR count). The summed E-state index contributed by atoms with van der Waals surface area (Å²) in [6, 6.07) is 5.45. The van der Waals surface area contributed by atoms with Crippen molar-refractivity contribution in [2.75, 3.05) is 44.1 Å². The summed E-state index contributed by atoms with van der Waals surface area (Å²) >= 11 is 0. The number of aryl methyl sites for hydroxylation is 1. The molecule has 6 spiro atoms. The maximum absolute atomic E-state index is 16.8. The molecule has 88 heavy (non-hydrogen) atoms. The van der Waals surface area contributed by atoms with Gasteiger partial charge in [-0.05, 0) is 192 Å². The highest BCUT2D eigenvalue weighted by atomic mass is 33.1. The Labute approximate surface area is 529 Å². The van der Waals surface area contributed by atoms with Crippen LogP contribution in [0.2, 0.25) is 0 Å². The molecule has 7 saturated carbocycles. The Morgan fingerprint density at radius 1 is 0.864 bits per heavy atom. The highest BCUT2D eigenvalue weighted by Gasteiger charge is 2.84. The molecule has 488 valence electrons. The minimum atomic E-state index is -2.06. The number of benzene rings is 1. The normalized spacial score (nSPS) is 48.7. The van der Waals surface area contributed by atoms with Gasteiger partial charge in [-0.25, -0.2) is 0 Å². The smallest absolute Gasteiger partial charge is 0.234 e. The number of anilines is 1. The van der Waals surface area contributed by atoms with Crippen LogP contribution < -0.4 is 10.2 Å². The zero-order valence-electron chi connectivity index (χ0n) is 53.1. The third kappa shape index (κ3) is 8.16. The number of amides is 1. The van der Waals surface area contributed by atoms with Crippen LogP contribution in [0.1, 0.15) is 181 Å². The van der Waals surface area contributed by atoms with Gasteiger partial charge in [0.1, 0.15) is 28.5 Å². The molecule has 15 aliphatic rings. The van der Waals surface area contributed by atoms with Gasteiger partial charge in [-0.1, -0.05) is 100.0 Å². The molecule has 1 aromatic rings. The van der Waals surface area contributed by atoms with Crippen LogP contribution in [-0.2, 0) is 25.5 Å². The molecule has 0 radical (unpaired) electrons. The van der Waals surface area contributed by atoms with Gasteiger partial charge in [-0.2, -0.15) is 0 Å². The number of aliphatic hydroxyl groups is 8. The Kier molecular flexibility index (Phi) is 16.0. The topological polar surface area (TPSA) is 253 Å². The molecule has 1 aromatic carbocycles. The fourth-order valence-corrected chi connectivity index (χ4v) is 28.2. The highest BCUT2D eigenvalue weighted by Crippen LogP contribution is 2.81. The number of allylic oxidation sites excluding steroid dienone is 2. The molecule has 10 fully saturated rings. The number of ether oxygens (including phenoxy) is 2. The number of aliphatic hydroxyl groups excluding tert-OH is 5. The number of fused-ring (bicyclic) bond motifs is 1. The molecule has 8 bridgehead atoms. The number of epoxide rings is 1.